The van der Waals surface area contributed by atoms with Crippen molar-refractivity contribution in [1.82, 2.24) is 10.6 Å². The summed E-state index contributed by atoms with van der Waals surface area (Å²) in [6, 6.07) is 0.697. The van der Waals surface area contributed by atoms with Crippen LogP contribution in [0.4, 0.5) is 0 Å². The lowest BCUT2D eigenvalue weighted by Gasteiger charge is -2.19. The van der Waals surface area contributed by atoms with Gasteiger partial charge in [-0.15, -0.1) is 0 Å². The fraction of sp³-hybridized carbons (Fsp3) is 1.00. The van der Waals surface area contributed by atoms with E-state index in [1.54, 1.807) is 0 Å². The van der Waals surface area contributed by atoms with Gasteiger partial charge < -0.3 is 10.6 Å². The summed E-state index contributed by atoms with van der Waals surface area (Å²) in [4.78, 5) is 0. The topological polar surface area (TPSA) is 24.1 Å². The van der Waals surface area contributed by atoms with Crippen LogP contribution in [0.1, 0.15) is 40.0 Å². The van der Waals surface area contributed by atoms with Gasteiger partial charge in [-0.2, -0.15) is 0 Å². The summed E-state index contributed by atoms with van der Waals surface area (Å²) in [6.45, 7) is 10.5. The maximum Gasteiger partial charge on any atom is 0.00388 e. The van der Waals surface area contributed by atoms with Crippen LogP contribution < -0.4 is 10.6 Å². The van der Waals surface area contributed by atoms with Gasteiger partial charge in [-0.3, -0.25) is 0 Å². The molecule has 0 radical (unpaired) electrons. The standard InChI is InChI=1S/C12H26N2/c1-4-5-6-11(3)14-9-12-8-13-7-10(12)2/h10-14H,4-9H2,1-3H3/t10-,11?,12+/m1/s1. The van der Waals surface area contributed by atoms with Gasteiger partial charge in [0.05, 0.1) is 0 Å². The van der Waals surface area contributed by atoms with Crippen molar-refractivity contribution in [2.75, 3.05) is 19.6 Å². The van der Waals surface area contributed by atoms with Crippen LogP contribution in [0.25, 0.3) is 0 Å². The van der Waals surface area contributed by atoms with Crippen molar-refractivity contribution < 1.29 is 0 Å². The van der Waals surface area contributed by atoms with E-state index in [0.717, 1.165) is 11.8 Å². The summed E-state index contributed by atoms with van der Waals surface area (Å²) in [5.74, 6) is 1.69. The van der Waals surface area contributed by atoms with E-state index in [-0.39, 0.29) is 0 Å². The van der Waals surface area contributed by atoms with E-state index in [0.29, 0.717) is 6.04 Å². The van der Waals surface area contributed by atoms with Crippen LogP contribution in [-0.2, 0) is 0 Å². The second-order valence-corrected chi connectivity index (χ2v) is 4.85. The van der Waals surface area contributed by atoms with E-state index in [9.17, 15) is 0 Å². The molecule has 1 unspecified atom stereocenters. The fourth-order valence-electron chi connectivity index (χ4n) is 2.10. The summed E-state index contributed by atoms with van der Waals surface area (Å²) >= 11 is 0. The molecule has 1 fully saturated rings. The SMILES string of the molecule is CCCCC(C)NC[C@@H]1CNC[C@H]1C. The highest BCUT2D eigenvalue weighted by atomic mass is 15.0. The number of hydrogen-bond acceptors (Lipinski definition) is 2. The van der Waals surface area contributed by atoms with Gasteiger partial charge in [-0.1, -0.05) is 26.7 Å². The van der Waals surface area contributed by atoms with Crippen LogP contribution in [0.5, 0.6) is 0 Å². The van der Waals surface area contributed by atoms with Crippen LogP contribution in [0, 0.1) is 11.8 Å². The molecule has 1 aliphatic heterocycles. The summed E-state index contributed by atoms with van der Waals surface area (Å²) in [5, 5.41) is 7.10. The fourth-order valence-corrected chi connectivity index (χ4v) is 2.10. The predicted molar refractivity (Wildman–Crippen MR) is 62.5 cm³/mol. The molecule has 0 aliphatic carbocycles. The highest BCUT2D eigenvalue weighted by molar-refractivity contribution is 4.80. The average molecular weight is 198 g/mol. The average Bonchev–Trinajstić information content (AvgIpc) is 2.58. The summed E-state index contributed by atoms with van der Waals surface area (Å²) < 4.78 is 0. The van der Waals surface area contributed by atoms with Gasteiger partial charge in [-0.05, 0) is 44.8 Å². The number of nitrogens with one attached hydrogen (secondary N) is 2. The van der Waals surface area contributed by atoms with Gasteiger partial charge in [-0.25, -0.2) is 0 Å². The maximum absolute atomic E-state index is 3.65. The first-order valence-corrected chi connectivity index (χ1v) is 6.18. The molecule has 1 saturated heterocycles. The Bertz CT molecular complexity index is 147. The van der Waals surface area contributed by atoms with Crippen molar-refractivity contribution in [3.8, 4) is 0 Å². The van der Waals surface area contributed by atoms with Crippen LogP contribution in [0.2, 0.25) is 0 Å². The first kappa shape index (κ1) is 12.0. The molecular weight excluding hydrogens is 172 g/mol. The zero-order valence-electron chi connectivity index (χ0n) is 9.97. The molecule has 0 spiro atoms. The molecule has 0 saturated carbocycles. The van der Waals surface area contributed by atoms with E-state index < -0.39 is 0 Å². The molecule has 0 aromatic carbocycles. The summed E-state index contributed by atoms with van der Waals surface area (Å²) in [5.41, 5.74) is 0. The van der Waals surface area contributed by atoms with Gasteiger partial charge in [0, 0.05) is 6.04 Å². The Balaban J connectivity index is 2.07. The van der Waals surface area contributed by atoms with Gasteiger partial charge in [0.1, 0.15) is 0 Å². The maximum atomic E-state index is 3.65. The first-order valence-electron chi connectivity index (χ1n) is 6.18. The molecule has 14 heavy (non-hydrogen) atoms. The van der Waals surface area contributed by atoms with Gasteiger partial charge in [0.25, 0.3) is 0 Å². The third kappa shape index (κ3) is 3.97. The monoisotopic (exact) mass is 198 g/mol. The molecule has 3 atom stereocenters. The molecule has 0 aromatic rings. The van der Waals surface area contributed by atoms with Crippen molar-refractivity contribution in [3.05, 3.63) is 0 Å². The third-order valence-corrected chi connectivity index (χ3v) is 3.40. The Morgan fingerprint density at radius 1 is 1.43 bits per heavy atom. The summed E-state index contributed by atoms with van der Waals surface area (Å²) in [7, 11) is 0. The number of rotatable bonds is 6. The molecule has 1 heterocycles. The van der Waals surface area contributed by atoms with Crippen molar-refractivity contribution in [3.63, 3.8) is 0 Å². The van der Waals surface area contributed by atoms with E-state index >= 15 is 0 Å². The minimum atomic E-state index is 0.697. The largest absolute Gasteiger partial charge is 0.316 e. The van der Waals surface area contributed by atoms with Crippen molar-refractivity contribution in [1.29, 1.82) is 0 Å². The molecule has 2 nitrogen and oxygen atoms in total. The Labute approximate surface area is 88.8 Å². The quantitative estimate of drug-likeness (QED) is 0.682. The van der Waals surface area contributed by atoms with E-state index in [4.69, 9.17) is 0 Å². The molecule has 1 aliphatic rings. The van der Waals surface area contributed by atoms with E-state index in [2.05, 4.69) is 31.4 Å². The molecule has 2 N–H and O–H groups in total. The lowest BCUT2D eigenvalue weighted by molar-refractivity contribution is 0.384. The van der Waals surface area contributed by atoms with Crippen LogP contribution >= 0.6 is 0 Å². The molecule has 1 rings (SSSR count). The predicted octanol–water partition coefficient (Wildman–Crippen LogP) is 2.01. The Kier molecular flexibility index (Phi) is 5.49. The van der Waals surface area contributed by atoms with Crippen LogP contribution in [0.3, 0.4) is 0 Å². The second-order valence-electron chi connectivity index (χ2n) is 4.85. The van der Waals surface area contributed by atoms with Crippen molar-refractivity contribution in [2.45, 2.75) is 46.1 Å². The Hall–Kier alpha value is -0.0800. The zero-order chi connectivity index (χ0) is 10.4. The minimum Gasteiger partial charge on any atom is -0.316 e. The first-order chi connectivity index (χ1) is 6.74. The molecular formula is C12H26N2. The Morgan fingerprint density at radius 3 is 2.79 bits per heavy atom. The third-order valence-electron chi connectivity index (χ3n) is 3.40. The highest BCUT2D eigenvalue weighted by Crippen LogP contribution is 2.14. The van der Waals surface area contributed by atoms with Crippen molar-refractivity contribution in [2.24, 2.45) is 11.8 Å². The normalized spacial score (nSPS) is 29.4. The lowest BCUT2D eigenvalue weighted by atomic mass is 9.98. The van der Waals surface area contributed by atoms with Crippen molar-refractivity contribution >= 4 is 0 Å². The number of hydrogen-bond donors (Lipinski definition) is 2. The molecule has 84 valence electrons. The van der Waals surface area contributed by atoms with Gasteiger partial charge in [0.2, 0.25) is 0 Å². The minimum absolute atomic E-state index is 0.697. The van der Waals surface area contributed by atoms with Gasteiger partial charge >= 0.3 is 0 Å². The molecule has 2 heteroatoms. The van der Waals surface area contributed by atoms with E-state index in [1.807, 2.05) is 0 Å². The molecule has 0 bridgehead atoms. The highest BCUT2D eigenvalue weighted by Gasteiger charge is 2.22. The van der Waals surface area contributed by atoms with Crippen LogP contribution in [-0.4, -0.2) is 25.7 Å². The molecule has 0 aromatic heterocycles. The zero-order valence-corrected chi connectivity index (χ0v) is 9.97. The number of unbranched alkanes of at least 4 members (excludes halogenated alkanes) is 1. The second kappa shape index (κ2) is 6.41. The lowest BCUT2D eigenvalue weighted by Crippen LogP contribution is -2.33. The van der Waals surface area contributed by atoms with Gasteiger partial charge in [0.15, 0.2) is 0 Å². The summed E-state index contributed by atoms with van der Waals surface area (Å²) in [6.07, 6.45) is 3.99. The van der Waals surface area contributed by atoms with Crippen LogP contribution in [0.15, 0.2) is 0 Å². The Morgan fingerprint density at radius 2 is 2.21 bits per heavy atom. The smallest absolute Gasteiger partial charge is 0.00388 e. The van der Waals surface area contributed by atoms with E-state index in [1.165, 1.54) is 38.9 Å². The molecule has 0 amide bonds.